The van der Waals surface area contributed by atoms with Gasteiger partial charge in [0.15, 0.2) is 0 Å². The molecule has 0 aromatic carbocycles. The Morgan fingerprint density at radius 2 is 1.77 bits per heavy atom. The number of piperidine rings is 1. The molecule has 0 aromatic heterocycles. The maximum Gasteiger partial charge on any atom is 0.00981 e. The third kappa shape index (κ3) is 2.07. The predicted octanol–water partition coefficient (Wildman–Crippen LogP) is 3.05. The molecule has 2 saturated heterocycles. The van der Waals surface area contributed by atoms with Gasteiger partial charge >= 0.3 is 0 Å². The van der Waals surface area contributed by atoms with E-state index < -0.39 is 0 Å². The Labute approximate surface area is 82.5 Å². The Morgan fingerprint density at radius 1 is 1.00 bits per heavy atom. The topological polar surface area (TPSA) is 3.24 Å². The van der Waals surface area contributed by atoms with Crippen LogP contribution in [0.3, 0.4) is 0 Å². The van der Waals surface area contributed by atoms with Crippen molar-refractivity contribution < 1.29 is 0 Å². The number of fused-ring (bicyclic) bond motifs is 5. The molecule has 1 saturated carbocycles. The van der Waals surface area contributed by atoms with Gasteiger partial charge in [0.05, 0.1) is 0 Å². The van der Waals surface area contributed by atoms with Gasteiger partial charge in [0.1, 0.15) is 0 Å². The second kappa shape index (κ2) is 4.00. The van der Waals surface area contributed by atoms with Gasteiger partial charge in [0, 0.05) is 18.6 Å². The summed E-state index contributed by atoms with van der Waals surface area (Å²) in [6.45, 7) is 6.11. The van der Waals surface area contributed by atoms with E-state index in [0.717, 1.165) is 18.0 Å². The maximum absolute atomic E-state index is 2.76. The van der Waals surface area contributed by atoms with Crippen molar-refractivity contribution in [3.8, 4) is 0 Å². The number of nitrogens with zero attached hydrogens (tertiary/aromatic N) is 1. The van der Waals surface area contributed by atoms with Crippen molar-refractivity contribution in [3.05, 3.63) is 0 Å². The van der Waals surface area contributed by atoms with Crippen LogP contribution in [0.1, 0.15) is 52.4 Å². The van der Waals surface area contributed by atoms with Gasteiger partial charge in [-0.2, -0.15) is 0 Å². The molecule has 3 fully saturated rings. The molecule has 76 valence electrons. The van der Waals surface area contributed by atoms with Crippen LogP contribution < -0.4 is 0 Å². The maximum atomic E-state index is 2.76. The van der Waals surface area contributed by atoms with Gasteiger partial charge in [-0.25, -0.2) is 0 Å². The largest absolute Gasteiger partial charge is 0.298 e. The highest BCUT2D eigenvalue weighted by Gasteiger charge is 2.30. The van der Waals surface area contributed by atoms with E-state index in [1.165, 1.54) is 45.1 Å². The number of hydrogen-bond acceptors (Lipinski definition) is 1. The summed E-state index contributed by atoms with van der Waals surface area (Å²) in [6.07, 6.45) is 8.91. The van der Waals surface area contributed by atoms with Crippen molar-refractivity contribution in [2.45, 2.75) is 64.5 Å². The summed E-state index contributed by atoms with van der Waals surface area (Å²) >= 11 is 0. The smallest absolute Gasteiger partial charge is 0.00981 e. The first-order chi connectivity index (χ1) is 6.27. The highest BCUT2D eigenvalue weighted by atomic mass is 15.2. The molecule has 0 N–H and O–H groups in total. The lowest BCUT2D eigenvalue weighted by molar-refractivity contribution is 0.0542. The first-order valence-corrected chi connectivity index (χ1v) is 6.03. The molecule has 0 aromatic rings. The lowest BCUT2D eigenvalue weighted by Crippen LogP contribution is -2.47. The van der Waals surface area contributed by atoms with E-state index in [0.29, 0.717) is 0 Å². The van der Waals surface area contributed by atoms with Crippen molar-refractivity contribution in [1.82, 2.24) is 4.90 Å². The van der Waals surface area contributed by atoms with Gasteiger partial charge in [0.25, 0.3) is 0 Å². The fraction of sp³-hybridized carbons (Fsp3) is 1.00. The SMILES string of the molecule is CC(C)N1CC2CCCCC1CC2. The van der Waals surface area contributed by atoms with E-state index in [-0.39, 0.29) is 0 Å². The molecular formula is C12H23N. The summed E-state index contributed by atoms with van der Waals surface area (Å²) in [5.74, 6) is 1.03. The normalized spacial score (nSPS) is 36.2. The van der Waals surface area contributed by atoms with Crippen LogP contribution in [0.15, 0.2) is 0 Å². The highest BCUT2D eigenvalue weighted by Crippen LogP contribution is 2.32. The van der Waals surface area contributed by atoms with Crippen LogP contribution in [0.2, 0.25) is 0 Å². The van der Waals surface area contributed by atoms with Crippen LogP contribution >= 0.6 is 0 Å². The third-order valence-corrected chi connectivity index (χ3v) is 3.91. The summed E-state index contributed by atoms with van der Waals surface area (Å²) in [4.78, 5) is 2.76. The van der Waals surface area contributed by atoms with Crippen molar-refractivity contribution in [1.29, 1.82) is 0 Å². The molecule has 2 bridgehead atoms. The molecular weight excluding hydrogens is 158 g/mol. The van der Waals surface area contributed by atoms with Crippen LogP contribution in [-0.4, -0.2) is 23.5 Å². The van der Waals surface area contributed by atoms with Gasteiger partial charge in [-0.3, -0.25) is 4.90 Å². The van der Waals surface area contributed by atoms with Gasteiger partial charge < -0.3 is 0 Å². The fourth-order valence-corrected chi connectivity index (χ4v) is 3.12. The summed E-state index contributed by atoms with van der Waals surface area (Å²) in [7, 11) is 0. The number of hydrogen-bond donors (Lipinski definition) is 0. The quantitative estimate of drug-likeness (QED) is 0.601. The molecule has 2 aliphatic heterocycles. The van der Waals surface area contributed by atoms with Gasteiger partial charge in [0.2, 0.25) is 0 Å². The first kappa shape index (κ1) is 9.51. The van der Waals surface area contributed by atoms with Crippen LogP contribution in [-0.2, 0) is 0 Å². The Bertz CT molecular complexity index is 161. The van der Waals surface area contributed by atoms with Crippen LogP contribution in [0.4, 0.5) is 0 Å². The minimum Gasteiger partial charge on any atom is -0.298 e. The molecule has 0 spiro atoms. The van der Waals surface area contributed by atoms with Crippen LogP contribution in [0.5, 0.6) is 0 Å². The molecule has 1 heteroatoms. The average molecular weight is 181 g/mol. The Morgan fingerprint density at radius 3 is 2.54 bits per heavy atom. The molecule has 2 atom stereocenters. The van der Waals surface area contributed by atoms with Crippen molar-refractivity contribution in [3.63, 3.8) is 0 Å². The molecule has 3 rings (SSSR count). The first-order valence-electron chi connectivity index (χ1n) is 6.03. The minimum atomic E-state index is 0.769. The number of rotatable bonds is 1. The van der Waals surface area contributed by atoms with Gasteiger partial charge in [-0.1, -0.05) is 12.8 Å². The highest BCUT2D eigenvalue weighted by molar-refractivity contribution is 4.85. The zero-order chi connectivity index (χ0) is 9.26. The molecule has 2 heterocycles. The molecule has 3 aliphatic rings. The van der Waals surface area contributed by atoms with E-state index in [4.69, 9.17) is 0 Å². The summed E-state index contributed by atoms with van der Waals surface area (Å²) in [5, 5.41) is 0. The van der Waals surface area contributed by atoms with Gasteiger partial charge in [-0.05, 0) is 45.4 Å². The Balaban J connectivity index is 2.04. The lowest BCUT2D eigenvalue weighted by atomic mass is 9.83. The molecule has 2 unspecified atom stereocenters. The fourth-order valence-electron chi connectivity index (χ4n) is 3.12. The second-order valence-corrected chi connectivity index (χ2v) is 5.17. The molecule has 0 radical (unpaired) electrons. The van der Waals surface area contributed by atoms with E-state index >= 15 is 0 Å². The predicted molar refractivity (Wildman–Crippen MR) is 56.8 cm³/mol. The van der Waals surface area contributed by atoms with Gasteiger partial charge in [-0.15, -0.1) is 0 Å². The van der Waals surface area contributed by atoms with Crippen LogP contribution in [0, 0.1) is 5.92 Å². The molecule has 13 heavy (non-hydrogen) atoms. The second-order valence-electron chi connectivity index (χ2n) is 5.17. The summed E-state index contributed by atoms with van der Waals surface area (Å²) in [6, 6.07) is 1.70. The molecule has 1 aliphatic carbocycles. The summed E-state index contributed by atoms with van der Waals surface area (Å²) < 4.78 is 0. The zero-order valence-electron chi connectivity index (χ0n) is 9.13. The lowest BCUT2D eigenvalue weighted by Gasteiger charge is -2.44. The summed E-state index contributed by atoms with van der Waals surface area (Å²) in [5.41, 5.74) is 0. The molecule has 1 nitrogen and oxygen atoms in total. The minimum absolute atomic E-state index is 0.769. The van der Waals surface area contributed by atoms with E-state index in [1.807, 2.05) is 0 Å². The monoisotopic (exact) mass is 181 g/mol. The van der Waals surface area contributed by atoms with Crippen molar-refractivity contribution in [2.24, 2.45) is 5.92 Å². The van der Waals surface area contributed by atoms with E-state index in [1.54, 1.807) is 0 Å². The van der Waals surface area contributed by atoms with E-state index in [2.05, 4.69) is 18.7 Å². The average Bonchev–Trinajstić information content (AvgIpc) is 2.04. The Hall–Kier alpha value is -0.0400. The van der Waals surface area contributed by atoms with Crippen molar-refractivity contribution in [2.75, 3.05) is 6.54 Å². The third-order valence-electron chi connectivity index (χ3n) is 3.91. The standard InChI is InChI=1S/C12H23N/c1-10(2)13-9-11-5-3-4-6-12(13)8-7-11/h10-12H,3-9H2,1-2H3. The van der Waals surface area contributed by atoms with E-state index in [9.17, 15) is 0 Å². The zero-order valence-corrected chi connectivity index (χ0v) is 9.13. The van der Waals surface area contributed by atoms with Crippen molar-refractivity contribution >= 4 is 0 Å². The Kier molecular flexibility index (Phi) is 2.92. The van der Waals surface area contributed by atoms with Crippen LogP contribution in [0.25, 0.3) is 0 Å². The molecule has 0 amide bonds.